The van der Waals surface area contributed by atoms with E-state index in [9.17, 15) is 0 Å². The van der Waals surface area contributed by atoms with Crippen molar-refractivity contribution in [3.63, 3.8) is 0 Å². The van der Waals surface area contributed by atoms with Crippen molar-refractivity contribution in [1.29, 1.82) is 0 Å². The first kappa shape index (κ1) is 12.9. The number of hydrogen-bond acceptors (Lipinski definition) is 6. The fourth-order valence-corrected chi connectivity index (χ4v) is 2.95. The molecule has 0 amide bonds. The smallest absolute Gasteiger partial charge is 0.131 e. The molecular weight excluding hydrogens is 238 g/mol. The molecule has 0 saturated carbocycles. The number of hydrogen-bond donors (Lipinski definition) is 1. The summed E-state index contributed by atoms with van der Waals surface area (Å²) in [7, 11) is 1.70. The molecule has 2 rings (SSSR count). The summed E-state index contributed by atoms with van der Waals surface area (Å²) in [6.07, 6.45) is 1.34. The Balaban J connectivity index is 1.83. The predicted octanol–water partition coefficient (Wildman–Crippen LogP) is 1.17. The second-order valence-corrected chi connectivity index (χ2v) is 5.27. The van der Waals surface area contributed by atoms with Crippen molar-refractivity contribution in [2.45, 2.75) is 31.9 Å². The molecule has 1 aliphatic heterocycles. The fraction of sp³-hybridized carbons (Fsp3) is 0.818. The lowest BCUT2D eigenvalue weighted by Crippen LogP contribution is -2.18. The molecule has 0 spiro atoms. The Hall–Kier alpha value is -0.560. The molecule has 0 bridgehead atoms. The summed E-state index contributed by atoms with van der Waals surface area (Å²) in [6.45, 7) is 5.28. The van der Waals surface area contributed by atoms with Crippen LogP contribution < -0.4 is 5.32 Å². The van der Waals surface area contributed by atoms with Crippen LogP contribution in [-0.2, 0) is 16.0 Å². The topological polar surface area (TPSA) is 56.3 Å². The molecule has 0 radical (unpaired) electrons. The lowest BCUT2D eigenvalue weighted by atomic mass is 10.0. The van der Waals surface area contributed by atoms with Crippen molar-refractivity contribution < 1.29 is 9.47 Å². The summed E-state index contributed by atoms with van der Waals surface area (Å²) < 4.78 is 10.5. The fourth-order valence-electron chi connectivity index (χ4n) is 1.91. The molecule has 2 atom stereocenters. The van der Waals surface area contributed by atoms with Crippen LogP contribution in [-0.4, -0.2) is 43.2 Å². The molecule has 1 aromatic heterocycles. The van der Waals surface area contributed by atoms with Crippen LogP contribution in [0.4, 0.5) is 0 Å². The summed E-state index contributed by atoms with van der Waals surface area (Å²) in [6, 6.07) is 0. The van der Waals surface area contributed by atoms with Crippen molar-refractivity contribution >= 4 is 11.3 Å². The Morgan fingerprint density at radius 3 is 3.12 bits per heavy atom. The van der Waals surface area contributed by atoms with Crippen LogP contribution >= 0.6 is 11.3 Å². The molecule has 6 heteroatoms. The van der Waals surface area contributed by atoms with E-state index in [1.807, 2.05) is 0 Å². The van der Waals surface area contributed by atoms with Gasteiger partial charge in [0.2, 0.25) is 0 Å². The number of rotatable bonds is 6. The van der Waals surface area contributed by atoms with E-state index in [1.165, 1.54) is 0 Å². The molecule has 1 aromatic rings. The van der Waals surface area contributed by atoms with E-state index in [-0.39, 0.29) is 6.10 Å². The highest BCUT2D eigenvalue weighted by Gasteiger charge is 2.28. The van der Waals surface area contributed by atoms with E-state index < -0.39 is 0 Å². The first-order valence-electron chi connectivity index (χ1n) is 5.95. The zero-order chi connectivity index (χ0) is 12.1. The number of aromatic nitrogens is 2. The van der Waals surface area contributed by atoms with Crippen LogP contribution in [0, 0.1) is 0 Å². The molecule has 5 nitrogen and oxygen atoms in total. The summed E-state index contributed by atoms with van der Waals surface area (Å²) in [4.78, 5) is 0. The first-order valence-corrected chi connectivity index (χ1v) is 6.76. The van der Waals surface area contributed by atoms with Crippen LogP contribution in [0.3, 0.4) is 0 Å². The maximum Gasteiger partial charge on any atom is 0.131 e. The molecule has 96 valence electrons. The lowest BCUT2D eigenvalue weighted by Gasteiger charge is -2.08. The Morgan fingerprint density at radius 2 is 2.41 bits per heavy atom. The molecule has 2 heterocycles. The number of methoxy groups -OCH3 is 1. The Bertz CT molecular complexity index is 345. The van der Waals surface area contributed by atoms with Gasteiger partial charge in [-0.3, -0.25) is 0 Å². The third-order valence-electron chi connectivity index (χ3n) is 2.94. The van der Waals surface area contributed by atoms with E-state index in [1.54, 1.807) is 18.4 Å². The molecule has 1 N–H and O–H groups in total. The maximum atomic E-state index is 5.55. The van der Waals surface area contributed by atoms with Crippen LogP contribution in [0.1, 0.15) is 29.3 Å². The van der Waals surface area contributed by atoms with Crippen LogP contribution in [0.5, 0.6) is 0 Å². The van der Waals surface area contributed by atoms with Gasteiger partial charge in [0.25, 0.3) is 0 Å². The predicted molar refractivity (Wildman–Crippen MR) is 66.3 cm³/mol. The number of nitrogens with zero attached hydrogens (tertiary/aromatic N) is 2. The molecule has 0 aliphatic carbocycles. The molecular formula is C11H19N3O2S. The number of ether oxygens (including phenoxy) is 2. The van der Waals surface area contributed by atoms with Crippen molar-refractivity contribution in [3.8, 4) is 0 Å². The first-order chi connectivity index (χ1) is 8.31. The van der Waals surface area contributed by atoms with Gasteiger partial charge in [-0.25, -0.2) is 0 Å². The Kier molecular flexibility index (Phi) is 4.85. The SMILES string of the molecule is COCCNCc1nnc(C2CCOC2C)s1. The van der Waals surface area contributed by atoms with Gasteiger partial charge in [0, 0.05) is 32.7 Å². The highest BCUT2D eigenvalue weighted by molar-refractivity contribution is 7.11. The summed E-state index contributed by atoms with van der Waals surface area (Å²) in [5, 5.41) is 13.9. The largest absolute Gasteiger partial charge is 0.383 e. The highest BCUT2D eigenvalue weighted by atomic mass is 32.1. The van der Waals surface area contributed by atoms with Gasteiger partial charge in [-0.2, -0.15) is 0 Å². The Labute approximate surface area is 106 Å². The molecule has 1 aliphatic rings. The summed E-state index contributed by atoms with van der Waals surface area (Å²) >= 11 is 1.69. The second-order valence-electron chi connectivity index (χ2n) is 4.17. The van der Waals surface area contributed by atoms with E-state index in [2.05, 4.69) is 22.4 Å². The molecule has 1 fully saturated rings. The minimum atomic E-state index is 0.275. The quantitative estimate of drug-likeness (QED) is 0.775. The van der Waals surface area contributed by atoms with E-state index in [0.29, 0.717) is 5.92 Å². The third kappa shape index (κ3) is 3.45. The van der Waals surface area contributed by atoms with Gasteiger partial charge in [0.15, 0.2) is 0 Å². The van der Waals surface area contributed by atoms with E-state index >= 15 is 0 Å². The highest BCUT2D eigenvalue weighted by Crippen LogP contribution is 2.32. The van der Waals surface area contributed by atoms with Crippen molar-refractivity contribution in [1.82, 2.24) is 15.5 Å². The van der Waals surface area contributed by atoms with E-state index in [4.69, 9.17) is 9.47 Å². The molecule has 17 heavy (non-hydrogen) atoms. The second kappa shape index (κ2) is 6.39. The summed E-state index contributed by atoms with van der Waals surface area (Å²) in [5.74, 6) is 0.431. The van der Waals surface area contributed by atoms with Crippen molar-refractivity contribution in [2.24, 2.45) is 0 Å². The normalized spacial score (nSPS) is 24.4. The van der Waals surface area contributed by atoms with Gasteiger partial charge in [-0.15, -0.1) is 10.2 Å². The minimum Gasteiger partial charge on any atom is -0.383 e. The van der Waals surface area contributed by atoms with Crippen LogP contribution in [0.25, 0.3) is 0 Å². The number of nitrogens with one attached hydrogen (secondary N) is 1. The van der Waals surface area contributed by atoms with Gasteiger partial charge in [-0.05, 0) is 13.3 Å². The standard InChI is InChI=1S/C11H19N3O2S/c1-8-9(3-5-16-8)11-14-13-10(17-11)7-12-4-6-15-2/h8-9,12H,3-7H2,1-2H3. The summed E-state index contributed by atoms with van der Waals surface area (Å²) in [5.41, 5.74) is 0. The minimum absolute atomic E-state index is 0.275. The van der Waals surface area contributed by atoms with Crippen LogP contribution in [0.15, 0.2) is 0 Å². The lowest BCUT2D eigenvalue weighted by molar-refractivity contribution is 0.118. The average Bonchev–Trinajstić information content (AvgIpc) is 2.93. The molecule has 0 aromatic carbocycles. The van der Waals surface area contributed by atoms with E-state index in [0.717, 1.165) is 42.7 Å². The van der Waals surface area contributed by atoms with Crippen molar-refractivity contribution in [2.75, 3.05) is 26.9 Å². The van der Waals surface area contributed by atoms with Gasteiger partial charge < -0.3 is 14.8 Å². The zero-order valence-electron chi connectivity index (χ0n) is 10.3. The zero-order valence-corrected chi connectivity index (χ0v) is 11.1. The van der Waals surface area contributed by atoms with Gasteiger partial charge in [0.1, 0.15) is 10.0 Å². The third-order valence-corrected chi connectivity index (χ3v) is 3.99. The van der Waals surface area contributed by atoms with Gasteiger partial charge in [-0.1, -0.05) is 11.3 Å². The average molecular weight is 257 g/mol. The molecule has 2 unspecified atom stereocenters. The Morgan fingerprint density at radius 1 is 1.53 bits per heavy atom. The maximum absolute atomic E-state index is 5.55. The van der Waals surface area contributed by atoms with Crippen LogP contribution in [0.2, 0.25) is 0 Å². The van der Waals surface area contributed by atoms with Gasteiger partial charge in [0.05, 0.1) is 12.7 Å². The van der Waals surface area contributed by atoms with Crippen molar-refractivity contribution in [3.05, 3.63) is 10.0 Å². The van der Waals surface area contributed by atoms with Gasteiger partial charge >= 0.3 is 0 Å². The monoisotopic (exact) mass is 257 g/mol. The molecule has 1 saturated heterocycles.